The minimum Gasteiger partial charge on any atom is -0.354 e. The Labute approximate surface area is 191 Å². The van der Waals surface area contributed by atoms with Gasteiger partial charge in [0.05, 0.1) is 17.0 Å². The van der Waals surface area contributed by atoms with Gasteiger partial charge in [-0.2, -0.15) is 0 Å². The van der Waals surface area contributed by atoms with Crippen molar-refractivity contribution < 1.29 is 4.79 Å². The monoisotopic (exact) mass is 443 g/mol. The molecule has 32 heavy (non-hydrogen) atoms. The molecule has 2 aromatic heterocycles. The fourth-order valence-corrected chi connectivity index (χ4v) is 4.11. The highest BCUT2D eigenvalue weighted by molar-refractivity contribution is 6.38. The van der Waals surface area contributed by atoms with Crippen LogP contribution in [0.1, 0.15) is 16.7 Å². The van der Waals surface area contributed by atoms with Crippen LogP contribution in [0.25, 0.3) is 16.9 Å². The third-order valence-electron chi connectivity index (χ3n) is 5.38. The van der Waals surface area contributed by atoms with Gasteiger partial charge in [0.25, 0.3) is 5.91 Å². The Morgan fingerprint density at radius 1 is 1.09 bits per heavy atom. The number of fused-ring (bicyclic) bond motifs is 2. The molecule has 3 heterocycles. The number of rotatable bonds is 5. The van der Waals surface area contributed by atoms with Gasteiger partial charge in [-0.25, -0.2) is 4.98 Å². The van der Waals surface area contributed by atoms with Gasteiger partial charge in [0.1, 0.15) is 5.65 Å². The van der Waals surface area contributed by atoms with E-state index < -0.39 is 0 Å². The number of nitrogens with zero attached hydrogens (tertiary/aromatic N) is 3. The highest BCUT2D eigenvalue weighted by Gasteiger charge is 2.28. The molecule has 0 unspecified atom stereocenters. The Hall–Kier alpha value is -3.61. The standard InChI is InChI=1S/C25H22ClN5O/c1-30(2)15-16-3-6-19(7-4-16)28-24(17-9-11-31-12-10-27-22(31)13-17)23-20-8-5-18(26)14-21(20)29-25(23)32/h3-14,28H,15H2,1-2H3,(H,29,32). The summed E-state index contributed by atoms with van der Waals surface area (Å²) >= 11 is 6.15. The lowest BCUT2D eigenvalue weighted by atomic mass is 10.0. The summed E-state index contributed by atoms with van der Waals surface area (Å²) in [5, 5.41) is 7.01. The second kappa shape index (κ2) is 8.15. The van der Waals surface area contributed by atoms with Gasteiger partial charge in [0.15, 0.2) is 0 Å². The number of imidazole rings is 1. The summed E-state index contributed by atoms with van der Waals surface area (Å²) in [6, 6.07) is 17.6. The van der Waals surface area contributed by atoms with Crippen molar-refractivity contribution in [1.82, 2.24) is 14.3 Å². The Bertz CT molecular complexity index is 1350. The molecule has 4 aromatic rings. The molecule has 0 saturated heterocycles. The van der Waals surface area contributed by atoms with Crippen molar-refractivity contribution in [1.29, 1.82) is 0 Å². The summed E-state index contributed by atoms with van der Waals surface area (Å²) in [6.45, 7) is 0.862. The quantitative estimate of drug-likeness (QED) is 0.427. The van der Waals surface area contributed by atoms with Crippen molar-refractivity contribution >= 4 is 45.8 Å². The molecule has 1 aliphatic rings. The van der Waals surface area contributed by atoms with Crippen molar-refractivity contribution in [3.05, 3.63) is 94.9 Å². The normalized spacial score (nSPS) is 14.6. The number of hydrogen-bond acceptors (Lipinski definition) is 4. The first-order valence-corrected chi connectivity index (χ1v) is 10.6. The van der Waals surface area contributed by atoms with Crippen LogP contribution in [0.4, 0.5) is 11.4 Å². The van der Waals surface area contributed by atoms with Crippen LogP contribution in [0, 0.1) is 0 Å². The SMILES string of the molecule is CN(C)Cc1ccc(NC(=C2C(=O)Nc3cc(Cl)ccc32)c2ccn3ccnc3c2)cc1. The van der Waals surface area contributed by atoms with Crippen molar-refractivity contribution in [3.63, 3.8) is 0 Å². The molecule has 7 heteroatoms. The first-order valence-electron chi connectivity index (χ1n) is 10.3. The van der Waals surface area contributed by atoms with Crippen molar-refractivity contribution in [2.45, 2.75) is 6.54 Å². The molecule has 0 radical (unpaired) electrons. The van der Waals surface area contributed by atoms with E-state index in [2.05, 4.69) is 32.7 Å². The number of anilines is 2. The van der Waals surface area contributed by atoms with Crippen LogP contribution in [0.15, 0.2) is 73.2 Å². The van der Waals surface area contributed by atoms with Crippen molar-refractivity contribution in [3.8, 4) is 0 Å². The third kappa shape index (κ3) is 3.86. The number of benzene rings is 2. The third-order valence-corrected chi connectivity index (χ3v) is 5.62. The summed E-state index contributed by atoms with van der Waals surface area (Å²) in [6.07, 6.45) is 5.58. The van der Waals surface area contributed by atoms with Gasteiger partial charge < -0.3 is 19.9 Å². The lowest BCUT2D eigenvalue weighted by Gasteiger charge is -2.16. The maximum atomic E-state index is 13.1. The number of nitrogens with one attached hydrogen (secondary N) is 2. The molecule has 160 valence electrons. The van der Waals surface area contributed by atoms with Crippen LogP contribution in [0.2, 0.25) is 5.02 Å². The Morgan fingerprint density at radius 2 is 1.91 bits per heavy atom. The summed E-state index contributed by atoms with van der Waals surface area (Å²) in [7, 11) is 4.09. The zero-order valence-corrected chi connectivity index (χ0v) is 18.5. The fraction of sp³-hybridized carbons (Fsp3) is 0.120. The number of hydrogen-bond donors (Lipinski definition) is 2. The van der Waals surface area contributed by atoms with Crippen molar-refractivity contribution in [2.24, 2.45) is 0 Å². The van der Waals surface area contributed by atoms with Gasteiger partial charge in [-0.15, -0.1) is 0 Å². The number of pyridine rings is 1. The molecule has 1 amide bonds. The number of carbonyl (C=O) groups is 1. The van der Waals surface area contributed by atoms with Gasteiger partial charge in [-0.3, -0.25) is 4.79 Å². The maximum absolute atomic E-state index is 13.1. The van der Waals surface area contributed by atoms with E-state index in [1.807, 2.05) is 61.2 Å². The molecular weight excluding hydrogens is 422 g/mol. The Kier molecular flexibility index (Phi) is 5.17. The summed E-state index contributed by atoms with van der Waals surface area (Å²) < 4.78 is 1.93. The van der Waals surface area contributed by atoms with Gasteiger partial charge in [-0.05, 0) is 56.1 Å². The molecule has 6 nitrogen and oxygen atoms in total. The van der Waals surface area contributed by atoms with Crippen LogP contribution < -0.4 is 10.6 Å². The fourth-order valence-electron chi connectivity index (χ4n) is 3.94. The predicted octanol–water partition coefficient (Wildman–Crippen LogP) is 4.98. The molecule has 0 aliphatic carbocycles. The summed E-state index contributed by atoms with van der Waals surface area (Å²) in [4.78, 5) is 19.6. The molecule has 0 fully saturated rings. The maximum Gasteiger partial charge on any atom is 0.258 e. The van der Waals surface area contributed by atoms with Crippen molar-refractivity contribution in [2.75, 3.05) is 24.7 Å². The summed E-state index contributed by atoms with van der Waals surface area (Å²) in [5.41, 5.74) is 6.60. The minimum atomic E-state index is -0.169. The lowest BCUT2D eigenvalue weighted by molar-refractivity contribution is -0.110. The molecule has 2 aromatic carbocycles. The van der Waals surface area contributed by atoms with Crippen LogP contribution >= 0.6 is 11.6 Å². The van der Waals surface area contributed by atoms with Gasteiger partial charge in [-0.1, -0.05) is 29.8 Å². The molecule has 0 spiro atoms. The predicted molar refractivity (Wildman–Crippen MR) is 130 cm³/mol. The zero-order valence-electron chi connectivity index (χ0n) is 17.8. The molecule has 0 atom stereocenters. The van der Waals surface area contributed by atoms with Crippen LogP contribution in [0.5, 0.6) is 0 Å². The molecule has 0 saturated carbocycles. The minimum absolute atomic E-state index is 0.169. The zero-order chi connectivity index (χ0) is 22.2. The number of amides is 1. The average molecular weight is 444 g/mol. The van der Waals surface area contributed by atoms with Crippen LogP contribution in [-0.4, -0.2) is 34.3 Å². The topological polar surface area (TPSA) is 61.7 Å². The van der Waals surface area contributed by atoms with E-state index in [1.54, 1.807) is 18.3 Å². The molecular formula is C25H22ClN5O. The van der Waals surface area contributed by atoms with E-state index in [1.165, 1.54) is 5.56 Å². The van der Waals surface area contributed by atoms with Gasteiger partial charge in [0.2, 0.25) is 0 Å². The highest BCUT2D eigenvalue weighted by atomic mass is 35.5. The van der Waals surface area contributed by atoms with Gasteiger partial charge in [0, 0.05) is 47.0 Å². The van der Waals surface area contributed by atoms with E-state index in [0.29, 0.717) is 16.3 Å². The smallest absolute Gasteiger partial charge is 0.258 e. The number of halogens is 1. The first-order chi connectivity index (χ1) is 15.5. The Balaban J connectivity index is 1.63. The average Bonchev–Trinajstić information content (AvgIpc) is 3.35. The van der Waals surface area contributed by atoms with E-state index in [9.17, 15) is 4.79 Å². The second-order valence-corrected chi connectivity index (χ2v) is 8.50. The van der Waals surface area contributed by atoms with Crippen LogP contribution in [0.3, 0.4) is 0 Å². The lowest BCUT2D eigenvalue weighted by Crippen LogP contribution is -2.11. The van der Waals surface area contributed by atoms with E-state index in [-0.39, 0.29) is 5.91 Å². The number of carbonyl (C=O) groups excluding carboxylic acids is 1. The molecule has 1 aliphatic heterocycles. The Morgan fingerprint density at radius 3 is 2.69 bits per heavy atom. The van der Waals surface area contributed by atoms with Gasteiger partial charge >= 0.3 is 0 Å². The summed E-state index contributed by atoms with van der Waals surface area (Å²) in [5.74, 6) is -0.169. The second-order valence-electron chi connectivity index (χ2n) is 8.06. The first kappa shape index (κ1) is 20.3. The highest BCUT2D eigenvalue weighted by Crippen LogP contribution is 2.38. The molecule has 2 N–H and O–H groups in total. The molecule has 0 bridgehead atoms. The van der Waals surface area contributed by atoms with E-state index in [0.717, 1.165) is 34.7 Å². The largest absolute Gasteiger partial charge is 0.354 e. The number of aromatic nitrogens is 2. The van der Waals surface area contributed by atoms with E-state index in [4.69, 9.17) is 11.6 Å². The van der Waals surface area contributed by atoms with E-state index >= 15 is 0 Å². The van der Waals surface area contributed by atoms with Crippen LogP contribution in [-0.2, 0) is 11.3 Å². The molecule has 5 rings (SSSR count).